The third kappa shape index (κ3) is 5.91. The minimum Gasteiger partial charge on any atom is -0.475 e. The Kier molecular flexibility index (Phi) is 7.33. The summed E-state index contributed by atoms with van der Waals surface area (Å²) in [5.74, 6) is 0.254. The summed E-state index contributed by atoms with van der Waals surface area (Å²) < 4.78 is 42.9. The Morgan fingerprint density at radius 1 is 1.54 bits per heavy atom. The summed E-state index contributed by atoms with van der Waals surface area (Å²) in [5.41, 5.74) is 4.89. The summed E-state index contributed by atoms with van der Waals surface area (Å²) in [6.45, 7) is 5.33. The van der Waals surface area contributed by atoms with Crippen molar-refractivity contribution >= 4 is 17.6 Å². The first-order valence-corrected chi connectivity index (χ1v) is 8.82. The standard InChI is InChI=1S/C16H23ClF3N5O/c1-2-25-6-3-4-12(25)10-24-15(21)22-5-7-26-14-13(17)8-11(9-23-14)16(18,19)20/h8-9,12H,2-7,10H2,1H3,(H3,21,22,24). The van der Waals surface area contributed by atoms with Crippen molar-refractivity contribution in [3.8, 4) is 5.88 Å². The Labute approximate surface area is 155 Å². The number of nitrogens with zero attached hydrogens (tertiary/aromatic N) is 3. The molecule has 2 rings (SSSR count). The average molecular weight is 394 g/mol. The van der Waals surface area contributed by atoms with Gasteiger partial charge in [0.2, 0.25) is 5.88 Å². The van der Waals surface area contributed by atoms with Crippen LogP contribution in [0, 0.1) is 0 Å². The lowest BCUT2D eigenvalue weighted by Gasteiger charge is -2.20. The maximum Gasteiger partial charge on any atom is 0.417 e. The first kappa shape index (κ1) is 20.6. The van der Waals surface area contributed by atoms with Crippen LogP contribution in [0.1, 0.15) is 25.3 Å². The number of aliphatic imine (C=N–C) groups is 1. The molecule has 146 valence electrons. The molecule has 6 nitrogen and oxygen atoms in total. The van der Waals surface area contributed by atoms with Crippen molar-refractivity contribution in [1.82, 2.24) is 15.2 Å². The minimum absolute atomic E-state index is 0.0541. The van der Waals surface area contributed by atoms with Gasteiger partial charge in [0.1, 0.15) is 11.6 Å². The Balaban J connectivity index is 1.73. The molecular formula is C16H23ClF3N5O. The Morgan fingerprint density at radius 2 is 2.31 bits per heavy atom. The van der Waals surface area contributed by atoms with E-state index in [4.69, 9.17) is 22.1 Å². The van der Waals surface area contributed by atoms with Gasteiger partial charge in [0.25, 0.3) is 0 Å². The first-order valence-electron chi connectivity index (χ1n) is 8.44. The molecule has 0 radical (unpaired) electrons. The number of pyridine rings is 1. The number of ether oxygens (including phenoxy) is 1. The predicted octanol–water partition coefficient (Wildman–Crippen LogP) is 2.52. The third-order valence-electron chi connectivity index (χ3n) is 4.16. The van der Waals surface area contributed by atoms with Gasteiger partial charge in [-0.05, 0) is 32.0 Å². The van der Waals surface area contributed by atoms with E-state index in [2.05, 4.69) is 27.1 Å². The molecule has 1 aliphatic rings. The fourth-order valence-corrected chi connectivity index (χ4v) is 3.01. The number of likely N-dealkylation sites (N-methyl/N-ethyl adjacent to an activating group) is 1. The average Bonchev–Trinajstić information content (AvgIpc) is 3.04. The van der Waals surface area contributed by atoms with Gasteiger partial charge in [-0.25, -0.2) is 4.98 Å². The second-order valence-electron chi connectivity index (χ2n) is 5.93. The van der Waals surface area contributed by atoms with Crippen molar-refractivity contribution in [2.24, 2.45) is 10.7 Å². The fourth-order valence-electron chi connectivity index (χ4n) is 2.79. The summed E-state index contributed by atoms with van der Waals surface area (Å²) in [6, 6.07) is 1.21. The van der Waals surface area contributed by atoms with E-state index in [1.54, 1.807) is 0 Å². The van der Waals surface area contributed by atoms with Crippen LogP contribution in [0.4, 0.5) is 13.2 Å². The molecule has 1 saturated heterocycles. The molecule has 0 saturated carbocycles. The van der Waals surface area contributed by atoms with Crippen molar-refractivity contribution in [1.29, 1.82) is 0 Å². The van der Waals surface area contributed by atoms with Gasteiger partial charge in [-0.2, -0.15) is 13.2 Å². The molecule has 1 fully saturated rings. The van der Waals surface area contributed by atoms with Gasteiger partial charge in [-0.1, -0.05) is 18.5 Å². The summed E-state index contributed by atoms with van der Waals surface area (Å²) in [7, 11) is 0. The number of rotatable bonds is 7. The molecule has 1 aromatic rings. The number of likely N-dealkylation sites (tertiary alicyclic amines) is 1. The number of aromatic nitrogens is 1. The molecule has 0 bridgehead atoms. The smallest absolute Gasteiger partial charge is 0.417 e. The van der Waals surface area contributed by atoms with Crippen LogP contribution in [-0.2, 0) is 6.18 Å². The Bertz CT molecular complexity index is 626. The predicted molar refractivity (Wildman–Crippen MR) is 94.5 cm³/mol. The van der Waals surface area contributed by atoms with Crippen LogP contribution in [0.3, 0.4) is 0 Å². The first-order chi connectivity index (χ1) is 12.3. The quantitative estimate of drug-likeness (QED) is 0.423. The monoisotopic (exact) mass is 393 g/mol. The van der Waals surface area contributed by atoms with Crippen molar-refractivity contribution in [3.05, 3.63) is 22.8 Å². The summed E-state index contributed by atoms with van der Waals surface area (Å²) in [4.78, 5) is 10.3. The molecule has 26 heavy (non-hydrogen) atoms. The zero-order valence-corrected chi connectivity index (χ0v) is 15.3. The number of nitrogens with two attached hydrogens (primary N) is 1. The molecule has 0 spiro atoms. The lowest BCUT2D eigenvalue weighted by Crippen LogP contribution is -2.37. The maximum atomic E-state index is 12.5. The van der Waals surface area contributed by atoms with Gasteiger partial charge in [0, 0.05) is 12.2 Å². The van der Waals surface area contributed by atoms with E-state index in [1.807, 2.05) is 0 Å². The molecule has 1 aromatic heterocycles. The molecule has 0 aliphatic carbocycles. The highest BCUT2D eigenvalue weighted by atomic mass is 35.5. The van der Waals surface area contributed by atoms with Crippen molar-refractivity contribution < 1.29 is 17.9 Å². The van der Waals surface area contributed by atoms with E-state index in [9.17, 15) is 13.2 Å². The summed E-state index contributed by atoms with van der Waals surface area (Å²) in [6.07, 6.45) is -1.51. The van der Waals surface area contributed by atoms with Crippen LogP contribution in [0.2, 0.25) is 5.02 Å². The third-order valence-corrected chi connectivity index (χ3v) is 4.43. The zero-order valence-electron chi connectivity index (χ0n) is 14.5. The molecule has 0 amide bonds. The second-order valence-corrected chi connectivity index (χ2v) is 6.34. The van der Waals surface area contributed by atoms with Crippen molar-refractivity contribution in [2.75, 3.05) is 32.8 Å². The van der Waals surface area contributed by atoms with Crippen LogP contribution >= 0.6 is 11.6 Å². The molecule has 1 unspecified atom stereocenters. The fraction of sp³-hybridized carbons (Fsp3) is 0.625. The van der Waals surface area contributed by atoms with Gasteiger partial charge in [-0.3, -0.25) is 9.89 Å². The molecule has 0 aromatic carbocycles. The number of alkyl halides is 3. The highest BCUT2D eigenvalue weighted by molar-refractivity contribution is 6.31. The summed E-state index contributed by atoms with van der Waals surface area (Å²) >= 11 is 5.77. The van der Waals surface area contributed by atoms with E-state index in [-0.39, 0.29) is 17.5 Å². The molecule has 2 heterocycles. The van der Waals surface area contributed by atoms with Gasteiger partial charge in [-0.15, -0.1) is 0 Å². The van der Waals surface area contributed by atoms with Crippen LogP contribution in [-0.4, -0.2) is 54.7 Å². The summed E-state index contributed by atoms with van der Waals surface area (Å²) in [5, 5.41) is 2.71. The topological polar surface area (TPSA) is 75.8 Å². The minimum atomic E-state index is -4.49. The van der Waals surface area contributed by atoms with Crippen molar-refractivity contribution in [2.45, 2.75) is 32.0 Å². The number of nitrogens with one attached hydrogen (secondary N) is 1. The lowest BCUT2D eigenvalue weighted by molar-refractivity contribution is -0.137. The van der Waals surface area contributed by atoms with E-state index < -0.39 is 11.7 Å². The number of hydrogen-bond acceptors (Lipinski definition) is 4. The van der Waals surface area contributed by atoms with Crippen LogP contribution in [0.5, 0.6) is 5.88 Å². The van der Waals surface area contributed by atoms with Crippen LogP contribution in [0.15, 0.2) is 17.3 Å². The highest BCUT2D eigenvalue weighted by Gasteiger charge is 2.31. The molecule has 10 heteroatoms. The van der Waals surface area contributed by atoms with Gasteiger partial charge in [0.05, 0.1) is 18.7 Å². The molecular weight excluding hydrogens is 371 g/mol. The van der Waals surface area contributed by atoms with Crippen molar-refractivity contribution in [3.63, 3.8) is 0 Å². The lowest BCUT2D eigenvalue weighted by atomic mass is 10.2. The SMILES string of the molecule is CCN1CCCC1CN=C(N)NCCOc1ncc(C(F)(F)F)cc1Cl. The van der Waals surface area contributed by atoms with E-state index >= 15 is 0 Å². The van der Waals surface area contributed by atoms with Gasteiger partial charge < -0.3 is 15.8 Å². The van der Waals surface area contributed by atoms with E-state index in [0.29, 0.717) is 31.3 Å². The molecule has 3 N–H and O–H groups in total. The second kappa shape index (κ2) is 9.27. The maximum absolute atomic E-state index is 12.5. The Hall–Kier alpha value is -1.74. The van der Waals surface area contributed by atoms with E-state index in [0.717, 1.165) is 25.6 Å². The molecule has 1 atom stereocenters. The number of guanidine groups is 1. The largest absolute Gasteiger partial charge is 0.475 e. The number of halogens is 4. The van der Waals surface area contributed by atoms with Gasteiger partial charge >= 0.3 is 6.18 Å². The number of hydrogen-bond donors (Lipinski definition) is 2. The highest BCUT2D eigenvalue weighted by Crippen LogP contribution is 2.32. The molecule has 1 aliphatic heterocycles. The van der Waals surface area contributed by atoms with Crippen LogP contribution < -0.4 is 15.8 Å². The normalized spacial score (nSPS) is 19.0. The van der Waals surface area contributed by atoms with Gasteiger partial charge in [0.15, 0.2) is 5.96 Å². The Morgan fingerprint density at radius 3 is 2.96 bits per heavy atom. The zero-order chi connectivity index (χ0) is 19.2. The van der Waals surface area contributed by atoms with Crippen LogP contribution in [0.25, 0.3) is 0 Å². The van der Waals surface area contributed by atoms with E-state index in [1.165, 1.54) is 6.42 Å².